The minimum atomic E-state index is -0.774. The molecule has 3 aliphatic carbocycles. The average molecular weight is 565 g/mol. The topological polar surface area (TPSA) is 18.5 Å². The normalized spacial score (nSPS) is 26.9. The number of hydrogen-bond donors (Lipinski definition) is 0. The molecule has 204 valence electrons. The molecule has 7 rings (SSSR count). The van der Waals surface area contributed by atoms with E-state index in [0.717, 1.165) is 36.9 Å². The number of benzene rings is 4. The van der Waals surface area contributed by atoms with Crippen molar-refractivity contribution in [1.82, 2.24) is 0 Å². The molecule has 0 radical (unpaired) electrons. The Morgan fingerprint density at radius 1 is 0.450 bits per heavy atom. The van der Waals surface area contributed by atoms with E-state index in [1.807, 2.05) is 0 Å². The van der Waals surface area contributed by atoms with Crippen molar-refractivity contribution in [3.8, 4) is 0 Å². The first-order chi connectivity index (χ1) is 19.8. The molecule has 0 amide bonds. The molecule has 0 aliphatic heterocycles. The van der Waals surface area contributed by atoms with E-state index in [0.29, 0.717) is 11.8 Å². The van der Waals surface area contributed by atoms with Gasteiger partial charge in [-0.15, -0.1) is 0 Å². The van der Waals surface area contributed by atoms with Gasteiger partial charge < -0.3 is 9.05 Å². The lowest BCUT2D eigenvalue weighted by Gasteiger charge is -2.32. The molecule has 4 heteroatoms. The van der Waals surface area contributed by atoms with Gasteiger partial charge in [-0.3, -0.25) is 0 Å². The molecule has 6 unspecified atom stereocenters. The quantitative estimate of drug-likeness (QED) is 0.187. The van der Waals surface area contributed by atoms with E-state index in [1.165, 1.54) is 46.9 Å². The van der Waals surface area contributed by atoms with Crippen molar-refractivity contribution in [2.45, 2.75) is 25.7 Å². The van der Waals surface area contributed by atoms with Crippen LogP contribution in [0.3, 0.4) is 0 Å². The maximum atomic E-state index is 6.85. The first-order valence-electron chi connectivity index (χ1n) is 14.9. The van der Waals surface area contributed by atoms with Crippen LogP contribution in [0.1, 0.15) is 25.7 Å². The summed E-state index contributed by atoms with van der Waals surface area (Å²) in [6, 6.07) is 43.3. The molecule has 0 spiro atoms. The molecule has 0 aromatic heterocycles. The predicted molar refractivity (Wildman–Crippen MR) is 169 cm³/mol. The molecular weight excluding hydrogens is 526 g/mol. The Hall–Kier alpha value is -2.34. The van der Waals surface area contributed by atoms with Gasteiger partial charge in [-0.1, -0.05) is 121 Å². The minimum Gasteiger partial charge on any atom is -0.349 e. The molecule has 0 heterocycles. The molecule has 3 saturated carbocycles. The van der Waals surface area contributed by atoms with Gasteiger partial charge in [0.15, 0.2) is 0 Å². The maximum absolute atomic E-state index is 6.85. The van der Waals surface area contributed by atoms with E-state index >= 15 is 0 Å². The zero-order chi connectivity index (χ0) is 26.7. The van der Waals surface area contributed by atoms with Crippen LogP contribution in [-0.2, 0) is 9.05 Å². The highest BCUT2D eigenvalue weighted by atomic mass is 31.1. The van der Waals surface area contributed by atoms with Crippen LogP contribution in [0.2, 0.25) is 0 Å². The van der Waals surface area contributed by atoms with Crippen LogP contribution in [0, 0.1) is 35.5 Å². The van der Waals surface area contributed by atoms with Crippen LogP contribution in [0.5, 0.6) is 0 Å². The highest BCUT2D eigenvalue weighted by Crippen LogP contribution is 2.62. The lowest BCUT2D eigenvalue weighted by molar-refractivity contribution is 0.140. The molecule has 0 saturated heterocycles. The Labute approximate surface area is 241 Å². The van der Waals surface area contributed by atoms with Crippen molar-refractivity contribution in [2.75, 3.05) is 13.2 Å². The molecule has 2 bridgehead atoms. The summed E-state index contributed by atoms with van der Waals surface area (Å²) in [5.41, 5.74) is 0. The largest absolute Gasteiger partial charge is 0.349 e. The van der Waals surface area contributed by atoms with Gasteiger partial charge in [-0.2, -0.15) is 0 Å². The van der Waals surface area contributed by atoms with Crippen LogP contribution >= 0.6 is 16.3 Å². The Morgan fingerprint density at radius 2 is 0.875 bits per heavy atom. The van der Waals surface area contributed by atoms with Gasteiger partial charge in [0, 0.05) is 21.2 Å². The molecular formula is C36H38O2P2. The molecule has 3 aliphatic rings. The standard InChI is InChI=1S/C36H38O2P2/c1-5-13-30(14-6-1)39(31-15-7-2-8-16-31)37-25-27-21-34-28-23-29(35(24-28)36(34)22-27)26-38-40(32-17-9-3-10-18-32)33-19-11-4-12-20-33/h1-20,27-29,34-36H,21-26H2. The van der Waals surface area contributed by atoms with Crippen LogP contribution in [-0.4, -0.2) is 13.2 Å². The summed E-state index contributed by atoms with van der Waals surface area (Å²) >= 11 is 0. The smallest absolute Gasteiger partial charge is 0.0917 e. The summed E-state index contributed by atoms with van der Waals surface area (Å²) < 4.78 is 13.6. The first kappa shape index (κ1) is 26.6. The maximum Gasteiger partial charge on any atom is 0.0917 e. The van der Waals surface area contributed by atoms with E-state index in [9.17, 15) is 0 Å². The fourth-order valence-corrected chi connectivity index (χ4v) is 11.5. The first-order valence-corrected chi connectivity index (χ1v) is 17.4. The summed E-state index contributed by atoms with van der Waals surface area (Å²) in [7, 11) is -1.55. The molecule has 40 heavy (non-hydrogen) atoms. The highest BCUT2D eigenvalue weighted by Gasteiger charge is 2.55. The molecule has 0 N–H and O–H groups in total. The second-order valence-electron chi connectivity index (χ2n) is 11.8. The van der Waals surface area contributed by atoms with Gasteiger partial charge in [0.1, 0.15) is 0 Å². The van der Waals surface area contributed by atoms with Crippen LogP contribution in [0.4, 0.5) is 0 Å². The molecule has 6 atom stereocenters. The number of rotatable bonds is 10. The summed E-state index contributed by atoms with van der Waals surface area (Å²) in [6.07, 6.45) is 5.47. The van der Waals surface area contributed by atoms with Gasteiger partial charge in [0.05, 0.1) is 29.5 Å². The van der Waals surface area contributed by atoms with Crippen molar-refractivity contribution in [3.05, 3.63) is 121 Å². The predicted octanol–water partition coefficient (Wildman–Crippen LogP) is 7.41. The third kappa shape index (κ3) is 5.57. The highest BCUT2D eigenvalue weighted by molar-refractivity contribution is 7.68. The monoisotopic (exact) mass is 564 g/mol. The lowest BCUT2D eigenvalue weighted by Crippen LogP contribution is -2.28. The molecule has 2 nitrogen and oxygen atoms in total. The fraction of sp³-hybridized carbons (Fsp3) is 0.333. The van der Waals surface area contributed by atoms with E-state index in [2.05, 4.69) is 121 Å². The van der Waals surface area contributed by atoms with Gasteiger partial charge in [-0.05, 0) is 61.2 Å². The molecule has 3 fully saturated rings. The minimum absolute atomic E-state index is 0.683. The SMILES string of the molecule is c1ccc(P(OCC2CC3C4CC(COP(c5ccccc5)c5ccccc5)C(C4)C3C2)c2ccccc2)cc1. The zero-order valence-corrected chi connectivity index (χ0v) is 24.8. The van der Waals surface area contributed by atoms with Gasteiger partial charge in [0.25, 0.3) is 0 Å². The van der Waals surface area contributed by atoms with Crippen molar-refractivity contribution in [1.29, 1.82) is 0 Å². The number of fused-ring (bicyclic) bond motifs is 5. The Morgan fingerprint density at radius 3 is 1.35 bits per heavy atom. The summed E-state index contributed by atoms with van der Waals surface area (Å²) in [5.74, 6) is 4.86. The van der Waals surface area contributed by atoms with E-state index in [-0.39, 0.29) is 0 Å². The third-order valence-electron chi connectivity index (χ3n) is 9.52. The van der Waals surface area contributed by atoms with Gasteiger partial charge >= 0.3 is 0 Å². The summed E-state index contributed by atoms with van der Waals surface area (Å²) in [6.45, 7) is 1.78. The molecule has 4 aromatic carbocycles. The fourth-order valence-electron chi connectivity index (χ4n) is 7.85. The van der Waals surface area contributed by atoms with E-state index < -0.39 is 16.3 Å². The van der Waals surface area contributed by atoms with E-state index in [1.54, 1.807) is 0 Å². The zero-order valence-electron chi connectivity index (χ0n) is 23.0. The van der Waals surface area contributed by atoms with Crippen molar-refractivity contribution in [3.63, 3.8) is 0 Å². The summed E-state index contributed by atoms with van der Waals surface area (Å²) in [5, 5.41) is 5.26. The van der Waals surface area contributed by atoms with Crippen LogP contribution in [0.15, 0.2) is 121 Å². The van der Waals surface area contributed by atoms with Crippen molar-refractivity contribution >= 4 is 37.5 Å². The van der Waals surface area contributed by atoms with Gasteiger partial charge in [0.2, 0.25) is 0 Å². The van der Waals surface area contributed by atoms with Crippen molar-refractivity contribution < 1.29 is 9.05 Å². The number of hydrogen-bond acceptors (Lipinski definition) is 2. The summed E-state index contributed by atoms with van der Waals surface area (Å²) in [4.78, 5) is 0. The van der Waals surface area contributed by atoms with E-state index in [4.69, 9.17) is 9.05 Å². The Kier molecular flexibility index (Phi) is 8.14. The second kappa shape index (κ2) is 12.3. The average Bonchev–Trinajstić information content (AvgIpc) is 3.72. The Bertz CT molecular complexity index is 1270. The molecule has 4 aromatic rings. The Balaban J connectivity index is 0.993. The lowest BCUT2D eigenvalue weighted by atomic mass is 9.76. The van der Waals surface area contributed by atoms with Crippen molar-refractivity contribution in [2.24, 2.45) is 35.5 Å². The van der Waals surface area contributed by atoms with Gasteiger partial charge in [-0.25, -0.2) is 0 Å². The third-order valence-corrected chi connectivity index (χ3v) is 13.4. The van der Waals surface area contributed by atoms with Crippen LogP contribution in [0.25, 0.3) is 0 Å². The second-order valence-corrected chi connectivity index (χ2v) is 15.6. The van der Waals surface area contributed by atoms with Crippen LogP contribution < -0.4 is 21.2 Å².